The molecule has 0 amide bonds. The third kappa shape index (κ3) is 8.25. The number of ketones is 1. The molecule has 6 aromatic rings. The van der Waals surface area contributed by atoms with Crippen LogP contribution in [0.1, 0.15) is 99.3 Å². The topological polar surface area (TPSA) is 63.3 Å². The van der Waals surface area contributed by atoms with E-state index in [9.17, 15) is 9.90 Å². The molecule has 0 bridgehead atoms. The largest absolute Gasteiger partial charge is 0.512 e. The van der Waals surface area contributed by atoms with Gasteiger partial charge in [-0.3, -0.25) is 9.78 Å². The second kappa shape index (κ2) is 16.0. The van der Waals surface area contributed by atoms with Crippen LogP contribution in [-0.2, 0) is 30.3 Å². The maximum absolute atomic E-state index is 12.2. The molecule has 4 nitrogen and oxygen atoms in total. The van der Waals surface area contributed by atoms with Crippen molar-refractivity contribution in [1.29, 1.82) is 0 Å². The molecule has 0 atom stereocenters. The molecular weight excluding hydrogens is 827 g/mol. The van der Waals surface area contributed by atoms with E-state index in [0.717, 1.165) is 59.0 Å². The van der Waals surface area contributed by atoms with Gasteiger partial charge in [0.25, 0.3) is 0 Å². The Morgan fingerprint density at radius 2 is 1.43 bits per heavy atom. The van der Waals surface area contributed by atoms with Crippen LogP contribution in [0.2, 0.25) is 0 Å². The standard InChI is InChI=1S/C30H24NOS.C15H28O2.Ir/c1-18-13-24-23(25-17-33-28-12-8-7-11-22(25)28)16-27(31-29(24)32-18)20-14-19-9-5-6-10-21(19)26(15-20)30(2,3)4;1-7-14(5,8-2)12(16)11-13(17)15(6,9-3)10-4;/h5-13,15-17H,1-4H3;11,16H,7-10H2,1-6H3;/q-1;;/b;12-11-;. The van der Waals surface area contributed by atoms with Crippen molar-refractivity contribution in [2.45, 2.75) is 100 Å². The maximum Gasteiger partial charge on any atom is 0.219 e. The molecule has 3 heterocycles. The predicted molar refractivity (Wildman–Crippen MR) is 213 cm³/mol. The monoisotopic (exact) mass is 879 g/mol. The minimum absolute atomic E-state index is 0. The first-order valence-corrected chi connectivity index (χ1v) is 18.8. The molecule has 0 fully saturated rings. The van der Waals surface area contributed by atoms with Gasteiger partial charge in [0.2, 0.25) is 5.71 Å². The molecule has 0 saturated heterocycles. The second-order valence-electron chi connectivity index (χ2n) is 15.1. The molecule has 1 radical (unpaired) electrons. The second-order valence-corrected chi connectivity index (χ2v) is 16.0. The summed E-state index contributed by atoms with van der Waals surface area (Å²) in [6, 6.07) is 27.3. The van der Waals surface area contributed by atoms with Crippen LogP contribution in [0, 0.1) is 23.8 Å². The van der Waals surface area contributed by atoms with E-state index >= 15 is 0 Å². The smallest absolute Gasteiger partial charge is 0.219 e. The number of rotatable bonds is 9. The summed E-state index contributed by atoms with van der Waals surface area (Å²) in [6.45, 7) is 20.8. The Balaban J connectivity index is 0.000000279. The number of carbonyl (C=O) groups excluding carboxylic acids is 1. The van der Waals surface area contributed by atoms with Gasteiger partial charge in [0.05, 0.1) is 0 Å². The van der Waals surface area contributed by atoms with Gasteiger partial charge in [-0.2, -0.15) is 0 Å². The Kier molecular flexibility index (Phi) is 12.6. The van der Waals surface area contributed by atoms with Gasteiger partial charge in [0, 0.05) is 63.7 Å². The molecule has 0 aliphatic rings. The molecule has 6 heteroatoms. The first-order valence-electron chi connectivity index (χ1n) is 18.0. The fraction of sp³-hybridized carbons (Fsp3) is 0.378. The maximum atomic E-state index is 12.2. The summed E-state index contributed by atoms with van der Waals surface area (Å²) in [5, 5.41) is 17.0. The zero-order chi connectivity index (χ0) is 36.4. The van der Waals surface area contributed by atoms with E-state index in [4.69, 9.17) is 9.40 Å². The zero-order valence-electron chi connectivity index (χ0n) is 31.8. The number of nitrogens with zero attached hydrogens (tertiary/aromatic N) is 1. The number of aliphatic hydroxyl groups excluding tert-OH is 1. The van der Waals surface area contributed by atoms with Crippen LogP contribution in [0.25, 0.3) is 54.3 Å². The SMILES string of the molecule is CCC(C)(CC)C(=O)/C=C(\O)C(C)(CC)CC.Cc1cc2c(-c3csc4ccccc34)cc(-c3[c-]c4ccccc4c(C(C)(C)C)c3)nc2o1.[Ir]. The van der Waals surface area contributed by atoms with E-state index in [0.29, 0.717) is 5.71 Å². The number of benzene rings is 3. The minimum Gasteiger partial charge on any atom is -0.512 e. The average molecular weight is 879 g/mol. The number of aliphatic hydroxyl groups is 1. The first-order chi connectivity index (χ1) is 23.7. The molecule has 3 aromatic heterocycles. The van der Waals surface area contributed by atoms with Crippen molar-refractivity contribution in [3.05, 3.63) is 101 Å². The molecule has 271 valence electrons. The van der Waals surface area contributed by atoms with Crippen LogP contribution in [-0.4, -0.2) is 15.9 Å². The van der Waals surface area contributed by atoms with E-state index < -0.39 is 0 Å². The van der Waals surface area contributed by atoms with Crippen LogP contribution < -0.4 is 0 Å². The van der Waals surface area contributed by atoms with Crippen molar-refractivity contribution in [1.82, 2.24) is 4.98 Å². The molecule has 0 aliphatic carbocycles. The van der Waals surface area contributed by atoms with Gasteiger partial charge in [0.1, 0.15) is 11.5 Å². The Morgan fingerprint density at radius 3 is 2.06 bits per heavy atom. The molecular formula is C45H52IrNO3S-. The van der Waals surface area contributed by atoms with Crippen LogP contribution >= 0.6 is 11.3 Å². The normalized spacial score (nSPS) is 12.5. The van der Waals surface area contributed by atoms with Gasteiger partial charge >= 0.3 is 0 Å². The van der Waals surface area contributed by atoms with Crippen molar-refractivity contribution >= 4 is 49.1 Å². The van der Waals surface area contributed by atoms with Crippen LogP contribution in [0.5, 0.6) is 0 Å². The average Bonchev–Trinajstić information content (AvgIpc) is 3.72. The number of hydrogen-bond acceptors (Lipinski definition) is 5. The fourth-order valence-electron chi connectivity index (χ4n) is 6.35. The zero-order valence-corrected chi connectivity index (χ0v) is 35.0. The third-order valence-electron chi connectivity index (χ3n) is 10.9. The molecule has 0 aliphatic heterocycles. The number of furan rings is 1. The van der Waals surface area contributed by atoms with Crippen molar-refractivity contribution in [2.24, 2.45) is 10.8 Å². The van der Waals surface area contributed by atoms with Crippen molar-refractivity contribution < 1.29 is 34.4 Å². The molecule has 0 saturated carbocycles. The number of aromatic nitrogens is 1. The predicted octanol–water partition coefficient (Wildman–Crippen LogP) is 13.6. The minimum atomic E-state index is -0.337. The molecule has 6 rings (SSSR count). The van der Waals surface area contributed by atoms with E-state index in [1.807, 2.05) is 48.5 Å². The summed E-state index contributed by atoms with van der Waals surface area (Å²) in [6.07, 6.45) is 4.75. The Bertz CT molecular complexity index is 2170. The van der Waals surface area contributed by atoms with E-state index in [-0.39, 0.29) is 47.9 Å². The summed E-state index contributed by atoms with van der Waals surface area (Å²) in [4.78, 5) is 17.1. The molecule has 1 N–H and O–H groups in total. The van der Waals surface area contributed by atoms with Crippen LogP contribution in [0.15, 0.2) is 88.4 Å². The van der Waals surface area contributed by atoms with E-state index in [2.05, 4.69) is 98.9 Å². The number of carbonyl (C=O) groups is 1. The summed E-state index contributed by atoms with van der Waals surface area (Å²) in [7, 11) is 0. The number of fused-ring (bicyclic) bond motifs is 3. The first kappa shape index (κ1) is 40.2. The Labute approximate surface area is 321 Å². The summed E-state index contributed by atoms with van der Waals surface area (Å²) in [5.41, 5.74) is 5.63. The van der Waals surface area contributed by atoms with Crippen molar-refractivity contribution in [3.63, 3.8) is 0 Å². The van der Waals surface area contributed by atoms with Gasteiger partial charge in [0.15, 0.2) is 5.78 Å². The number of allylic oxidation sites excluding steroid dienone is 2. The molecule has 0 spiro atoms. The van der Waals surface area contributed by atoms with Crippen molar-refractivity contribution in [2.75, 3.05) is 0 Å². The molecule has 3 aromatic carbocycles. The molecule has 0 unspecified atom stereocenters. The van der Waals surface area contributed by atoms with Gasteiger partial charge in [-0.25, -0.2) is 0 Å². The number of aryl methyl sites for hydroxylation is 1. The van der Waals surface area contributed by atoms with E-state index in [1.54, 1.807) is 11.3 Å². The van der Waals surface area contributed by atoms with Crippen molar-refractivity contribution in [3.8, 4) is 22.4 Å². The quantitative estimate of drug-likeness (QED) is 0.0893. The van der Waals surface area contributed by atoms with Gasteiger partial charge in [-0.1, -0.05) is 116 Å². The van der Waals surface area contributed by atoms with E-state index in [1.165, 1.54) is 32.7 Å². The van der Waals surface area contributed by atoms with Crippen LogP contribution in [0.3, 0.4) is 0 Å². The van der Waals surface area contributed by atoms with Gasteiger partial charge in [-0.15, -0.1) is 40.5 Å². The van der Waals surface area contributed by atoms with Crippen LogP contribution in [0.4, 0.5) is 0 Å². The fourth-order valence-corrected chi connectivity index (χ4v) is 7.31. The number of thiophene rings is 1. The summed E-state index contributed by atoms with van der Waals surface area (Å²) >= 11 is 1.77. The summed E-state index contributed by atoms with van der Waals surface area (Å²) < 4.78 is 7.33. The Morgan fingerprint density at radius 1 is 0.824 bits per heavy atom. The third-order valence-corrected chi connectivity index (χ3v) is 11.8. The number of pyridine rings is 1. The number of hydrogen-bond donors (Lipinski definition) is 1. The van der Waals surface area contributed by atoms with Gasteiger partial charge in [-0.05, 0) is 61.1 Å². The van der Waals surface area contributed by atoms with Gasteiger partial charge < -0.3 is 9.52 Å². The Hall–Kier alpha value is -3.57. The summed E-state index contributed by atoms with van der Waals surface area (Å²) in [5.74, 6) is 1.15. The molecule has 51 heavy (non-hydrogen) atoms.